The largest absolute Gasteiger partial charge is 0.573 e. The third-order valence-electron chi connectivity index (χ3n) is 6.35. The molecule has 1 aromatic heterocycles. The van der Waals surface area contributed by atoms with Gasteiger partial charge in [0.1, 0.15) is 11.8 Å². The van der Waals surface area contributed by atoms with Crippen molar-refractivity contribution in [3.8, 4) is 5.75 Å². The molecule has 3 atom stereocenters. The number of carbonyl (C=O) groups is 2. The maximum absolute atomic E-state index is 13.2. The number of ether oxygens (including phenoxy) is 1. The highest BCUT2D eigenvalue weighted by atomic mass is 32.2. The van der Waals surface area contributed by atoms with E-state index in [2.05, 4.69) is 15.4 Å². The van der Waals surface area contributed by atoms with E-state index >= 15 is 0 Å². The van der Waals surface area contributed by atoms with Crippen molar-refractivity contribution in [1.82, 2.24) is 14.8 Å². The van der Waals surface area contributed by atoms with E-state index < -0.39 is 24.1 Å². The van der Waals surface area contributed by atoms with Crippen molar-refractivity contribution in [1.29, 1.82) is 0 Å². The zero-order valence-corrected chi connectivity index (χ0v) is 20.4. The number of urea groups is 1. The lowest BCUT2D eigenvalue weighted by Gasteiger charge is -2.43. The van der Waals surface area contributed by atoms with Gasteiger partial charge in [0.15, 0.2) is 0 Å². The second-order valence-electron chi connectivity index (χ2n) is 8.95. The van der Waals surface area contributed by atoms with Gasteiger partial charge in [0, 0.05) is 43.0 Å². The summed E-state index contributed by atoms with van der Waals surface area (Å²) in [5.41, 5.74) is 1.17. The van der Waals surface area contributed by atoms with Gasteiger partial charge in [-0.15, -0.1) is 13.2 Å². The fraction of sp³-hybridized carbons (Fsp3) is 0.458. The minimum absolute atomic E-state index is 0.0353. The van der Waals surface area contributed by atoms with Gasteiger partial charge in [-0.2, -0.15) is 11.8 Å². The number of anilines is 1. The lowest BCUT2D eigenvalue weighted by molar-refractivity contribution is -0.274. The fourth-order valence-electron chi connectivity index (χ4n) is 4.78. The minimum atomic E-state index is -4.80. The normalized spacial score (nSPS) is 19.7. The molecule has 2 aromatic rings. The maximum atomic E-state index is 13.2. The van der Waals surface area contributed by atoms with E-state index in [-0.39, 0.29) is 29.1 Å². The molecule has 8 nitrogen and oxygen atoms in total. The van der Waals surface area contributed by atoms with Crippen molar-refractivity contribution in [2.75, 3.05) is 30.4 Å². The lowest BCUT2D eigenvalue weighted by Crippen LogP contribution is -2.55. The molecule has 2 aliphatic heterocycles. The fourth-order valence-corrected chi connectivity index (χ4v) is 5.25. The van der Waals surface area contributed by atoms with Crippen LogP contribution in [0.5, 0.6) is 5.75 Å². The van der Waals surface area contributed by atoms with Gasteiger partial charge in [-0.1, -0.05) is 6.07 Å². The third-order valence-corrected chi connectivity index (χ3v) is 6.99. The molecule has 3 amide bonds. The average Bonchev–Trinajstić information content (AvgIpc) is 2.82. The van der Waals surface area contributed by atoms with Gasteiger partial charge in [-0.05, 0) is 61.1 Å². The van der Waals surface area contributed by atoms with E-state index in [4.69, 9.17) is 0 Å². The Kier molecular flexibility index (Phi) is 7.82. The first kappa shape index (κ1) is 25.9. The summed E-state index contributed by atoms with van der Waals surface area (Å²) in [7, 11) is 0. The summed E-state index contributed by atoms with van der Waals surface area (Å²) in [6, 6.07) is 8.83. The minimum Gasteiger partial charge on any atom is -0.406 e. The molecule has 194 valence electrons. The molecule has 36 heavy (non-hydrogen) atoms. The van der Waals surface area contributed by atoms with Crippen LogP contribution >= 0.6 is 11.8 Å². The Labute approximate surface area is 210 Å². The summed E-state index contributed by atoms with van der Waals surface area (Å²) in [5, 5.41) is 5.48. The molecule has 3 unspecified atom stereocenters. The molecule has 1 aromatic carbocycles. The first-order chi connectivity index (χ1) is 17.1. The number of hydrogen-bond donors (Lipinski definition) is 2. The monoisotopic (exact) mass is 524 g/mol. The molecular weight excluding hydrogens is 497 g/mol. The summed E-state index contributed by atoms with van der Waals surface area (Å²) < 4.78 is 42.7. The molecule has 0 aliphatic carbocycles. The topological polar surface area (TPSA) is 92.7 Å². The van der Waals surface area contributed by atoms with Crippen molar-refractivity contribution in [2.45, 2.75) is 37.7 Å². The molecule has 1 saturated heterocycles. The van der Waals surface area contributed by atoms with Crippen LogP contribution in [0.15, 0.2) is 47.3 Å². The predicted molar refractivity (Wildman–Crippen MR) is 130 cm³/mol. The molecule has 2 N–H and O–H groups in total. The van der Waals surface area contributed by atoms with Gasteiger partial charge in [-0.25, -0.2) is 4.79 Å². The average molecular weight is 525 g/mol. The number of rotatable bonds is 7. The van der Waals surface area contributed by atoms with Gasteiger partial charge < -0.3 is 24.8 Å². The summed E-state index contributed by atoms with van der Waals surface area (Å²) in [6.45, 7) is 1.49. The molecule has 0 saturated carbocycles. The van der Waals surface area contributed by atoms with Crippen molar-refractivity contribution in [3.05, 3.63) is 58.5 Å². The van der Waals surface area contributed by atoms with Gasteiger partial charge in [0.05, 0.1) is 0 Å². The molecule has 12 heteroatoms. The maximum Gasteiger partial charge on any atom is 0.573 e. The summed E-state index contributed by atoms with van der Waals surface area (Å²) >= 11 is 1.53. The highest BCUT2D eigenvalue weighted by Gasteiger charge is 2.37. The molecule has 1 fully saturated rings. The Hall–Kier alpha value is -3.15. The van der Waals surface area contributed by atoms with E-state index in [1.54, 1.807) is 21.6 Å². The van der Waals surface area contributed by atoms with Gasteiger partial charge >= 0.3 is 12.4 Å². The third kappa shape index (κ3) is 6.34. The molecule has 3 heterocycles. The number of thioether (sulfide) groups is 1. The van der Waals surface area contributed by atoms with Crippen LogP contribution in [-0.4, -0.2) is 58.9 Å². The first-order valence-electron chi connectivity index (χ1n) is 11.5. The smallest absolute Gasteiger partial charge is 0.406 e. The number of hydrogen-bond acceptors (Lipinski definition) is 5. The number of benzene rings is 1. The number of nitrogens with zero attached hydrogens (tertiary/aromatic N) is 2. The highest BCUT2D eigenvalue weighted by Crippen LogP contribution is 2.35. The predicted octanol–water partition coefficient (Wildman–Crippen LogP) is 3.64. The van der Waals surface area contributed by atoms with Crippen molar-refractivity contribution in [2.24, 2.45) is 5.92 Å². The molecule has 0 radical (unpaired) electrons. The van der Waals surface area contributed by atoms with Crippen LogP contribution < -0.4 is 20.9 Å². The number of nitrogens with one attached hydrogen (secondary N) is 2. The number of halogens is 3. The van der Waals surface area contributed by atoms with Crippen LogP contribution in [0.2, 0.25) is 0 Å². The number of pyridine rings is 1. The molecule has 2 aliphatic rings. The highest BCUT2D eigenvalue weighted by molar-refractivity contribution is 7.98. The van der Waals surface area contributed by atoms with Crippen LogP contribution in [0, 0.1) is 5.92 Å². The number of amides is 3. The summed E-state index contributed by atoms with van der Waals surface area (Å²) in [4.78, 5) is 40.0. The number of likely N-dealkylation sites (tertiary alicyclic amines) is 1. The molecule has 4 rings (SSSR count). The van der Waals surface area contributed by atoms with Crippen molar-refractivity contribution >= 4 is 29.4 Å². The molecular formula is C24H27F3N4O4S. The molecule has 0 spiro atoms. The van der Waals surface area contributed by atoms with Crippen LogP contribution in [-0.2, 0) is 11.3 Å². The number of carbonyl (C=O) groups excluding carboxylic acids is 2. The van der Waals surface area contributed by atoms with Crippen molar-refractivity contribution < 1.29 is 27.5 Å². The standard InChI is InChI=1S/C24H27F3N4O4S/c1-36-10-9-19(22(33)28-17-5-7-18(8-6-17)35-24(25,26)27)29-23(34)30-12-15-11-16(14-30)20-3-2-4-21(32)31(20)13-15/h2-8,15-16,19H,9-14H2,1H3,(H,28,33)(H,29,34). The van der Waals surface area contributed by atoms with Crippen molar-refractivity contribution in [3.63, 3.8) is 0 Å². The van der Waals surface area contributed by atoms with Crippen LogP contribution in [0.25, 0.3) is 0 Å². The quantitative estimate of drug-likeness (QED) is 0.577. The number of piperidine rings is 1. The number of fused-ring (bicyclic) bond motifs is 4. The zero-order valence-electron chi connectivity index (χ0n) is 19.6. The van der Waals surface area contributed by atoms with E-state index in [0.29, 0.717) is 31.8 Å². The van der Waals surface area contributed by atoms with Gasteiger partial charge in [0.2, 0.25) is 5.91 Å². The Balaban J connectivity index is 1.40. The Morgan fingerprint density at radius 2 is 1.89 bits per heavy atom. The first-order valence-corrected chi connectivity index (χ1v) is 12.9. The molecule has 2 bridgehead atoms. The van der Waals surface area contributed by atoms with E-state index in [9.17, 15) is 27.6 Å². The van der Waals surface area contributed by atoms with E-state index in [0.717, 1.165) is 24.2 Å². The van der Waals surface area contributed by atoms with Gasteiger partial charge in [-0.3, -0.25) is 9.59 Å². The second-order valence-corrected chi connectivity index (χ2v) is 9.93. The summed E-state index contributed by atoms with van der Waals surface area (Å²) in [6.07, 6.45) is -1.63. The van der Waals surface area contributed by atoms with E-state index in [1.165, 1.54) is 23.9 Å². The second kappa shape index (κ2) is 10.9. The number of aromatic nitrogens is 1. The summed E-state index contributed by atoms with van der Waals surface area (Å²) in [5.74, 6) is -0.0348. The van der Waals surface area contributed by atoms with Crippen LogP contribution in [0.4, 0.5) is 23.7 Å². The zero-order chi connectivity index (χ0) is 25.9. The Morgan fingerprint density at radius 1 is 1.14 bits per heavy atom. The van der Waals surface area contributed by atoms with Crippen LogP contribution in [0.3, 0.4) is 0 Å². The SMILES string of the molecule is CSCCC(NC(=O)N1CC2CC(C1)c1cccc(=O)n1C2)C(=O)Nc1ccc(OC(F)(F)F)cc1. The Morgan fingerprint density at radius 3 is 2.58 bits per heavy atom. The van der Waals surface area contributed by atoms with Crippen LogP contribution in [0.1, 0.15) is 24.5 Å². The lowest BCUT2D eigenvalue weighted by atomic mass is 9.83. The number of alkyl halides is 3. The Bertz CT molecular complexity index is 1160. The van der Waals surface area contributed by atoms with E-state index in [1.807, 2.05) is 12.3 Å². The van der Waals surface area contributed by atoms with Gasteiger partial charge in [0.25, 0.3) is 5.56 Å².